The summed E-state index contributed by atoms with van der Waals surface area (Å²) < 4.78 is 43.6. The van der Waals surface area contributed by atoms with Crippen LogP contribution in [0.15, 0.2) is 18.3 Å². The van der Waals surface area contributed by atoms with Crippen LogP contribution in [0.5, 0.6) is 0 Å². The summed E-state index contributed by atoms with van der Waals surface area (Å²) in [6.07, 6.45) is 0.0103. The standard InChI is InChI=1S/C20H27F3N4O2/c21-20(22,23)15-3-4-18(24-14-15)26-11-9-25(10-12-26)16-5-7-27(8-6-16)19(28)17-2-1-13-29-17/h3-4,14,16-17H,1-2,5-13H2/t17-/m1/s1. The number of halogens is 3. The number of likely N-dealkylation sites (tertiary alicyclic amines) is 1. The SMILES string of the molecule is O=C([C@H]1CCCO1)N1CCC(N2CCN(c3ccc(C(F)(F)F)cn3)CC2)CC1. The quantitative estimate of drug-likeness (QED) is 0.763. The van der Waals surface area contributed by atoms with Crippen molar-refractivity contribution in [1.82, 2.24) is 14.8 Å². The number of hydrogen-bond acceptors (Lipinski definition) is 5. The van der Waals surface area contributed by atoms with E-state index in [9.17, 15) is 18.0 Å². The third kappa shape index (κ3) is 4.66. The van der Waals surface area contributed by atoms with Crippen LogP contribution in [0.4, 0.5) is 19.0 Å². The molecule has 3 aliphatic rings. The van der Waals surface area contributed by atoms with Gasteiger partial charge in [0.05, 0.1) is 5.56 Å². The van der Waals surface area contributed by atoms with E-state index in [-0.39, 0.29) is 12.0 Å². The number of ether oxygens (including phenoxy) is 1. The second-order valence-corrected chi connectivity index (χ2v) is 7.98. The third-order valence-electron chi connectivity index (χ3n) is 6.21. The maximum Gasteiger partial charge on any atom is 0.417 e. The van der Waals surface area contributed by atoms with Crippen molar-refractivity contribution in [2.24, 2.45) is 0 Å². The number of piperazine rings is 1. The lowest BCUT2D eigenvalue weighted by atomic mass is 10.0. The van der Waals surface area contributed by atoms with Crippen molar-refractivity contribution in [2.45, 2.75) is 44.0 Å². The molecule has 3 aliphatic heterocycles. The summed E-state index contributed by atoms with van der Waals surface area (Å²) in [6.45, 7) is 5.42. The van der Waals surface area contributed by atoms with Crippen LogP contribution in [0.2, 0.25) is 0 Å². The van der Waals surface area contributed by atoms with Crippen LogP contribution < -0.4 is 4.90 Å². The van der Waals surface area contributed by atoms with Gasteiger partial charge in [-0.15, -0.1) is 0 Å². The highest BCUT2D eigenvalue weighted by molar-refractivity contribution is 5.81. The van der Waals surface area contributed by atoms with E-state index in [0.717, 1.165) is 77.2 Å². The molecule has 0 radical (unpaired) electrons. The lowest BCUT2D eigenvalue weighted by molar-refractivity contribution is -0.142. The van der Waals surface area contributed by atoms with E-state index in [1.807, 2.05) is 9.80 Å². The van der Waals surface area contributed by atoms with E-state index in [1.54, 1.807) is 0 Å². The summed E-state index contributed by atoms with van der Waals surface area (Å²) in [5, 5.41) is 0. The van der Waals surface area contributed by atoms with Crippen LogP contribution in [0, 0.1) is 0 Å². The normalized spacial score (nSPS) is 24.9. The fourth-order valence-electron chi connectivity index (χ4n) is 4.48. The Morgan fingerprint density at radius 3 is 2.31 bits per heavy atom. The molecular formula is C20H27F3N4O2. The number of amides is 1. The Labute approximate surface area is 168 Å². The van der Waals surface area contributed by atoms with Gasteiger partial charge in [0.25, 0.3) is 5.91 Å². The van der Waals surface area contributed by atoms with Crippen molar-refractivity contribution in [1.29, 1.82) is 0 Å². The zero-order valence-corrected chi connectivity index (χ0v) is 16.4. The molecule has 4 heterocycles. The number of piperidine rings is 1. The van der Waals surface area contributed by atoms with Gasteiger partial charge in [0.15, 0.2) is 0 Å². The third-order valence-corrected chi connectivity index (χ3v) is 6.21. The number of nitrogens with zero attached hydrogens (tertiary/aromatic N) is 4. The number of carbonyl (C=O) groups is 1. The van der Waals surface area contributed by atoms with Gasteiger partial charge in [0.1, 0.15) is 11.9 Å². The molecule has 0 saturated carbocycles. The summed E-state index contributed by atoms with van der Waals surface area (Å²) in [5.74, 6) is 0.730. The summed E-state index contributed by atoms with van der Waals surface area (Å²) in [7, 11) is 0. The molecule has 29 heavy (non-hydrogen) atoms. The van der Waals surface area contributed by atoms with Crippen LogP contribution in [0.1, 0.15) is 31.2 Å². The first kappa shape index (κ1) is 20.4. The van der Waals surface area contributed by atoms with E-state index in [4.69, 9.17) is 4.74 Å². The molecule has 3 fully saturated rings. The predicted molar refractivity (Wildman–Crippen MR) is 102 cm³/mol. The van der Waals surface area contributed by atoms with Crippen molar-refractivity contribution < 1.29 is 22.7 Å². The Hall–Kier alpha value is -1.87. The minimum Gasteiger partial charge on any atom is -0.368 e. The van der Waals surface area contributed by atoms with Crippen molar-refractivity contribution in [2.75, 3.05) is 50.8 Å². The fourth-order valence-corrected chi connectivity index (χ4v) is 4.48. The van der Waals surface area contributed by atoms with Gasteiger partial charge in [0, 0.05) is 58.1 Å². The van der Waals surface area contributed by atoms with E-state index >= 15 is 0 Å². The molecule has 1 aromatic heterocycles. The van der Waals surface area contributed by atoms with E-state index in [2.05, 4.69) is 9.88 Å². The van der Waals surface area contributed by atoms with Crippen LogP contribution in [0.3, 0.4) is 0 Å². The molecule has 0 N–H and O–H groups in total. The maximum atomic E-state index is 12.7. The second kappa shape index (κ2) is 8.47. The number of pyridine rings is 1. The Morgan fingerprint density at radius 2 is 1.76 bits per heavy atom. The van der Waals surface area contributed by atoms with E-state index in [0.29, 0.717) is 18.5 Å². The molecule has 0 aliphatic carbocycles. The number of rotatable bonds is 3. The van der Waals surface area contributed by atoms with Crippen LogP contribution >= 0.6 is 0 Å². The van der Waals surface area contributed by atoms with Gasteiger partial charge in [-0.05, 0) is 37.8 Å². The van der Waals surface area contributed by atoms with Crippen molar-refractivity contribution in [3.05, 3.63) is 23.9 Å². The van der Waals surface area contributed by atoms with Crippen molar-refractivity contribution in [3.63, 3.8) is 0 Å². The smallest absolute Gasteiger partial charge is 0.368 e. The topological polar surface area (TPSA) is 48.9 Å². The molecule has 0 spiro atoms. The van der Waals surface area contributed by atoms with E-state index < -0.39 is 11.7 Å². The molecular weight excluding hydrogens is 385 g/mol. The zero-order chi connectivity index (χ0) is 20.4. The highest BCUT2D eigenvalue weighted by atomic mass is 19.4. The van der Waals surface area contributed by atoms with E-state index in [1.165, 1.54) is 6.07 Å². The van der Waals surface area contributed by atoms with Crippen molar-refractivity contribution >= 4 is 11.7 Å². The summed E-state index contributed by atoms with van der Waals surface area (Å²) in [5.41, 5.74) is -0.718. The molecule has 1 atom stereocenters. The predicted octanol–water partition coefficient (Wildman–Crippen LogP) is 2.39. The molecule has 1 amide bonds. The second-order valence-electron chi connectivity index (χ2n) is 7.98. The monoisotopic (exact) mass is 412 g/mol. The van der Waals surface area contributed by atoms with Gasteiger partial charge in [-0.25, -0.2) is 4.98 Å². The fraction of sp³-hybridized carbons (Fsp3) is 0.700. The molecule has 6 nitrogen and oxygen atoms in total. The number of alkyl halides is 3. The molecule has 4 rings (SSSR count). The van der Waals surface area contributed by atoms with Gasteiger partial charge in [-0.3, -0.25) is 9.69 Å². The molecule has 1 aromatic rings. The first-order valence-corrected chi connectivity index (χ1v) is 10.3. The molecule has 160 valence electrons. The molecule has 3 saturated heterocycles. The van der Waals surface area contributed by atoms with Gasteiger partial charge in [-0.2, -0.15) is 13.2 Å². The minimum absolute atomic E-state index is 0.138. The summed E-state index contributed by atoms with van der Waals surface area (Å²) in [4.78, 5) is 22.9. The average Bonchev–Trinajstić information content (AvgIpc) is 3.28. The largest absolute Gasteiger partial charge is 0.417 e. The zero-order valence-electron chi connectivity index (χ0n) is 16.4. The summed E-state index contributed by atoms with van der Waals surface area (Å²) >= 11 is 0. The highest BCUT2D eigenvalue weighted by Gasteiger charge is 2.34. The Kier molecular flexibility index (Phi) is 5.96. The van der Waals surface area contributed by atoms with Crippen LogP contribution in [0.25, 0.3) is 0 Å². The lowest BCUT2D eigenvalue weighted by Crippen LogP contribution is -2.54. The highest BCUT2D eigenvalue weighted by Crippen LogP contribution is 2.30. The van der Waals surface area contributed by atoms with Crippen LogP contribution in [-0.4, -0.2) is 78.7 Å². The van der Waals surface area contributed by atoms with Crippen LogP contribution in [-0.2, 0) is 15.7 Å². The Bertz CT molecular complexity index is 691. The summed E-state index contributed by atoms with van der Waals surface area (Å²) in [6, 6.07) is 3.00. The molecule has 0 aromatic carbocycles. The minimum atomic E-state index is -4.36. The van der Waals surface area contributed by atoms with Gasteiger partial charge >= 0.3 is 6.18 Å². The molecule has 9 heteroatoms. The molecule has 0 unspecified atom stereocenters. The number of anilines is 1. The first-order chi connectivity index (χ1) is 13.9. The van der Waals surface area contributed by atoms with Gasteiger partial charge in [0.2, 0.25) is 0 Å². The Morgan fingerprint density at radius 1 is 1.03 bits per heavy atom. The Balaban J connectivity index is 1.24. The lowest BCUT2D eigenvalue weighted by Gasteiger charge is -2.43. The average molecular weight is 412 g/mol. The van der Waals surface area contributed by atoms with Gasteiger partial charge in [-0.1, -0.05) is 0 Å². The number of carbonyl (C=O) groups excluding carboxylic acids is 1. The number of hydrogen-bond donors (Lipinski definition) is 0. The van der Waals surface area contributed by atoms with Gasteiger partial charge < -0.3 is 14.5 Å². The maximum absolute atomic E-state index is 12.7. The molecule has 0 bridgehead atoms. The van der Waals surface area contributed by atoms with Crippen molar-refractivity contribution in [3.8, 4) is 0 Å². The first-order valence-electron chi connectivity index (χ1n) is 10.3. The number of aromatic nitrogens is 1.